The average molecular weight is 277 g/mol. The maximum Gasteiger partial charge on any atom is 0.244 e. The van der Waals surface area contributed by atoms with Crippen LogP contribution >= 0.6 is 11.3 Å². The molecule has 1 fully saturated rings. The number of piperidine rings is 1. The Morgan fingerprint density at radius 2 is 2.42 bits per heavy atom. The lowest BCUT2D eigenvalue weighted by molar-refractivity contribution is 0.146. The molecule has 5 heteroatoms. The third-order valence-corrected chi connectivity index (χ3v) is 4.65. The van der Waals surface area contributed by atoms with Gasteiger partial charge >= 0.3 is 0 Å². The highest BCUT2D eigenvalue weighted by Gasteiger charge is 2.36. The molecule has 1 atom stereocenters. The second-order valence-electron chi connectivity index (χ2n) is 5.78. The molecule has 2 aromatic rings. The van der Waals surface area contributed by atoms with Crippen molar-refractivity contribution >= 4 is 11.3 Å². The Morgan fingerprint density at radius 3 is 3.16 bits per heavy atom. The van der Waals surface area contributed by atoms with Gasteiger partial charge in [-0.1, -0.05) is 25.1 Å². The number of thiophene rings is 1. The summed E-state index contributed by atoms with van der Waals surface area (Å²) in [5.74, 6) is 1.51. The predicted molar refractivity (Wildman–Crippen MR) is 75.2 cm³/mol. The smallest absolute Gasteiger partial charge is 0.244 e. The van der Waals surface area contributed by atoms with Gasteiger partial charge in [0.15, 0.2) is 5.82 Å². The average Bonchev–Trinajstić information content (AvgIpc) is 3.01. The van der Waals surface area contributed by atoms with Gasteiger partial charge < -0.3 is 9.84 Å². The molecular weight excluding hydrogens is 258 g/mol. The van der Waals surface area contributed by atoms with Crippen molar-refractivity contribution in [3.05, 3.63) is 34.1 Å². The van der Waals surface area contributed by atoms with Crippen LogP contribution in [0.15, 0.2) is 22.0 Å². The van der Waals surface area contributed by atoms with Crippen molar-refractivity contribution in [1.82, 2.24) is 15.5 Å². The van der Waals surface area contributed by atoms with E-state index in [1.54, 1.807) is 11.3 Å². The minimum absolute atomic E-state index is 0.172. The molecule has 0 radical (unpaired) electrons. The first-order valence-corrected chi connectivity index (χ1v) is 7.61. The normalized spacial score (nSPS) is 22.5. The molecular formula is C14H19N3OS. The van der Waals surface area contributed by atoms with Gasteiger partial charge in [-0.2, -0.15) is 4.98 Å². The molecule has 0 aliphatic carbocycles. The van der Waals surface area contributed by atoms with Gasteiger partial charge in [-0.05, 0) is 36.2 Å². The first kappa shape index (κ1) is 12.8. The standard InChI is InChI=1S/C14H19N3OS/c1-14(2)6-4-7-15-12(14)13-16-11(17-18-13)9-10-5-3-8-19-10/h3,5,8,12,15H,4,6-7,9H2,1-2H3. The minimum Gasteiger partial charge on any atom is -0.338 e. The number of hydrogen-bond acceptors (Lipinski definition) is 5. The lowest BCUT2D eigenvalue weighted by atomic mass is 9.77. The van der Waals surface area contributed by atoms with Gasteiger partial charge in [0.05, 0.1) is 6.04 Å². The van der Waals surface area contributed by atoms with Crippen LogP contribution in [0.5, 0.6) is 0 Å². The number of nitrogens with zero attached hydrogens (tertiary/aromatic N) is 2. The molecule has 1 aliphatic heterocycles. The Labute approximate surface area is 117 Å². The number of hydrogen-bond donors (Lipinski definition) is 1. The zero-order valence-electron chi connectivity index (χ0n) is 11.3. The van der Waals surface area contributed by atoms with Gasteiger partial charge in [0.25, 0.3) is 0 Å². The molecule has 1 aliphatic rings. The first-order chi connectivity index (χ1) is 9.15. The van der Waals surface area contributed by atoms with Crippen molar-refractivity contribution in [2.45, 2.75) is 39.2 Å². The summed E-state index contributed by atoms with van der Waals surface area (Å²) in [5.41, 5.74) is 0.172. The van der Waals surface area contributed by atoms with E-state index in [0.717, 1.165) is 24.7 Å². The maximum absolute atomic E-state index is 5.47. The van der Waals surface area contributed by atoms with E-state index in [0.29, 0.717) is 0 Å². The van der Waals surface area contributed by atoms with Crippen LogP contribution in [0.25, 0.3) is 0 Å². The van der Waals surface area contributed by atoms with Crippen LogP contribution in [0, 0.1) is 5.41 Å². The zero-order valence-corrected chi connectivity index (χ0v) is 12.2. The number of nitrogens with one attached hydrogen (secondary N) is 1. The molecule has 102 valence electrons. The molecule has 1 saturated heterocycles. The van der Waals surface area contributed by atoms with Crippen LogP contribution in [-0.2, 0) is 6.42 Å². The van der Waals surface area contributed by atoms with Crippen molar-refractivity contribution in [3.8, 4) is 0 Å². The lowest BCUT2D eigenvalue weighted by Gasteiger charge is -2.36. The van der Waals surface area contributed by atoms with E-state index >= 15 is 0 Å². The molecule has 3 rings (SSSR count). The zero-order chi connectivity index (χ0) is 13.3. The van der Waals surface area contributed by atoms with Crippen LogP contribution in [0.4, 0.5) is 0 Å². The lowest BCUT2D eigenvalue weighted by Crippen LogP contribution is -2.39. The van der Waals surface area contributed by atoms with Gasteiger partial charge in [-0.15, -0.1) is 11.3 Å². The van der Waals surface area contributed by atoms with Gasteiger partial charge in [0.2, 0.25) is 5.89 Å². The Balaban J connectivity index is 1.77. The number of rotatable bonds is 3. The quantitative estimate of drug-likeness (QED) is 0.936. The summed E-state index contributed by atoms with van der Waals surface area (Å²) in [7, 11) is 0. The fraction of sp³-hybridized carbons (Fsp3) is 0.571. The van der Waals surface area contributed by atoms with Crippen molar-refractivity contribution in [1.29, 1.82) is 0 Å². The summed E-state index contributed by atoms with van der Waals surface area (Å²) in [4.78, 5) is 5.84. The van der Waals surface area contributed by atoms with Gasteiger partial charge in [-0.3, -0.25) is 0 Å². The van der Waals surface area contributed by atoms with E-state index < -0.39 is 0 Å². The summed E-state index contributed by atoms with van der Waals surface area (Å²) in [6.45, 7) is 5.54. The molecule has 2 aromatic heterocycles. The van der Waals surface area contributed by atoms with Crippen LogP contribution in [0.1, 0.15) is 49.3 Å². The molecule has 0 aromatic carbocycles. The second-order valence-corrected chi connectivity index (χ2v) is 6.82. The van der Waals surface area contributed by atoms with Crippen molar-refractivity contribution < 1.29 is 4.52 Å². The highest BCUT2D eigenvalue weighted by Crippen LogP contribution is 2.39. The van der Waals surface area contributed by atoms with Gasteiger partial charge in [0.1, 0.15) is 0 Å². The Morgan fingerprint density at radius 1 is 1.53 bits per heavy atom. The first-order valence-electron chi connectivity index (χ1n) is 6.73. The Kier molecular flexibility index (Phi) is 3.41. The van der Waals surface area contributed by atoms with Crippen LogP contribution in [0.2, 0.25) is 0 Å². The van der Waals surface area contributed by atoms with Crippen molar-refractivity contribution in [2.75, 3.05) is 6.54 Å². The minimum atomic E-state index is 0.172. The van der Waals surface area contributed by atoms with E-state index in [4.69, 9.17) is 4.52 Å². The number of aromatic nitrogens is 2. The predicted octanol–water partition coefficient (Wildman–Crippen LogP) is 3.17. The molecule has 19 heavy (non-hydrogen) atoms. The monoisotopic (exact) mass is 277 g/mol. The third kappa shape index (κ3) is 2.72. The van der Waals surface area contributed by atoms with Crippen molar-refractivity contribution in [3.63, 3.8) is 0 Å². The highest BCUT2D eigenvalue weighted by molar-refractivity contribution is 7.09. The fourth-order valence-corrected chi connectivity index (χ4v) is 3.36. The molecule has 1 unspecified atom stereocenters. The van der Waals surface area contributed by atoms with Crippen LogP contribution < -0.4 is 5.32 Å². The molecule has 0 saturated carbocycles. The summed E-state index contributed by atoms with van der Waals surface area (Å²) in [5, 5.41) is 9.69. The van der Waals surface area contributed by atoms with Gasteiger partial charge in [-0.25, -0.2) is 0 Å². The third-order valence-electron chi connectivity index (χ3n) is 3.77. The molecule has 0 spiro atoms. The summed E-state index contributed by atoms with van der Waals surface area (Å²) < 4.78 is 5.47. The van der Waals surface area contributed by atoms with Crippen LogP contribution in [0.3, 0.4) is 0 Å². The molecule has 0 amide bonds. The summed E-state index contributed by atoms with van der Waals surface area (Å²) >= 11 is 1.73. The van der Waals surface area contributed by atoms with E-state index in [1.165, 1.54) is 17.7 Å². The molecule has 1 N–H and O–H groups in total. The van der Waals surface area contributed by atoms with Crippen LogP contribution in [-0.4, -0.2) is 16.7 Å². The highest BCUT2D eigenvalue weighted by atomic mass is 32.1. The maximum atomic E-state index is 5.47. The fourth-order valence-electron chi connectivity index (χ4n) is 2.66. The Bertz CT molecular complexity index is 533. The molecule has 0 bridgehead atoms. The SMILES string of the molecule is CC1(C)CCCNC1c1nc(Cc2cccs2)no1. The Hall–Kier alpha value is -1.20. The van der Waals surface area contributed by atoms with E-state index in [2.05, 4.69) is 40.8 Å². The molecule has 3 heterocycles. The van der Waals surface area contributed by atoms with E-state index in [-0.39, 0.29) is 11.5 Å². The van der Waals surface area contributed by atoms with Gasteiger partial charge in [0, 0.05) is 11.3 Å². The largest absolute Gasteiger partial charge is 0.338 e. The van der Waals surface area contributed by atoms with E-state index in [9.17, 15) is 0 Å². The van der Waals surface area contributed by atoms with Crippen molar-refractivity contribution in [2.24, 2.45) is 5.41 Å². The summed E-state index contributed by atoms with van der Waals surface area (Å²) in [6, 6.07) is 4.32. The van der Waals surface area contributed by atoms with E-state index in [1.807, 2.05) is 6.07 Å². The second kappa shape index (κ2) is 5.06. The topological polar surface area (TPSA) is 51.0 Å². The summed E-state index contributed by atoms with van der Waals surface area (Å²) in [6.07, 6.45) is 3.15. The molecule has 4 nitrogen and oxygen atoms in total.